The van der Waals surface area contributed by atoms with E-state index in [0.717, 1.165) is 0 Å². The van der Waals surface area contributed by atoms with Gasteiger partial charge in [0.05, 0.1) is 5.75 Å². The van der Waals surface area contributed by atoms with Gasteiger partial charge in [-0.3, -0.25) is 4.79 Å². The second kappa shape index (κ2) is 5.31. The third-order valence-corrected chi connectivity index (χ3v) is 2.73. The summed E-state index contributed by atoms with van der Waals surface area (Å²) < 4.78 is 21.8. The van der Waals surface area contributed by atoms with E-state index in [4.69, 9.17) is 5.73 Å². The molecule has 0 radical (unpaired) electrons. The van der Waals surface area contributed by atoms with Crippen LogP contribution in [0.25, 0.3) is 0 Å². The molecule has 0 fully saturated rings. The van der Waals surface area contributed by atoms with E-state index in [0.29, 0.717) is 0 Å². The van der Waals surface area contributed by atoms with Gasteiger partial charge in [0.1, 0.15) is 9.84 Å². The number of primary amides is 1. The molecule has 14 heavy (non-hydrogen) atoms. The number of sulfone groups is 1. The minimum Gasteiger partial charge on any atom is -0.370 e. The largest absolute Gasteiger partial charge is 0.370 e. The standard InChI is InChI=1S/C8H18N2O3S/c1-6(4-8(9)11)10-7(2)5-14(3,12)13/h6-7,10H,4-5H2,1-3H3,(H2,9,11). The summed E-state index contributed by atoms with van der Waals surface area (Å²) in [4.78, 5) is 10.5. The molecule has 0 aliphatic carbocycles. The summed E-state index contributed by atoms with van der Waals surface area (Å²) in [6.07, 6.45) is 1.40. The van der Waals surface area contributed by atoms with Gasteiger partial charge >= 0.3 is 0 Å². The van der Waals surface area contributed by atoms with Crippen molar-refractivity contribution >= 4 is 15.7 Å². The molecule has 2 unspecified atom stereocenters. The van der Waals surface area contributed by atoms with Crippen LogP contribution in [0.15, 0.2) is 0 Å². The number of hydrogen-bond acceptors (Lipinski definition) is 4. The lowest BCUT2D eigenvalue weighted by atomic mass is 10.2. The fourth-order valence-corrected chi connectivity index (χ4v) is 2.35. The summed E-state index contributed by atoms with van der Waals surface area (Å²) in [6, 6.07) is -0.261. The molecule has 0 heterocycles. The van der Waals surface area contributed by atoms with Gasteiger partial charge in [0.15, 0.2) is 0 Å². The van der Waals surface area contributed by atoms with Gasteiger partial charge < -0.3 is 11.1 Å². The maximum atomic E-state index is 10.9. The molecule has 84 valence electrons. The van der Waals surface area contributed by atoms with Crippen molar-refractivity contribution in [2.24, 2.45) is 5.73 Å². The predicted molar refractivity (Wildman–Crippen MR) is 55.6 cm³/mol. The number of nitrogens with one attached hydrogen (secondary N) is 1. The van der Waals surface area contributed by atoms with Gasteiger partial charge in [0, 0.05) is 24.8 Å². The zero-order valence-corrected chi connectivity index (χ0v) is 9.60. The molecule has 0 spiro atoms. The summed E-state index contributed by atoms with van der Waals surface area (Å²) in [5.41, 5.74) is 5.00. The van der Waals surface area contributed by atoms with Crippen molar-refractivity contribution in [1.29, 1.82) is 0 Å². The highest BCUT2D eigenvalue weighted by molar-refractivity contribution is 7.90. The predicted octanol–water partition coefficient (Wildman–Crippen LogP) is -0.727. The summed E-state index contributed by atoms with van der Waals surface area (Å²) in [5.74, 6) is -0.327. The molecule has 0 aromatic rings. The Morgan fingerprint density at radius 1 is 1.36 bits per heavy atom. The zero-order chi connectivity index (χ0) is 11.4. The molecule has 0 saturated carbocycles. The Balaban J connectivity index is 3.94. The van der Waals surface area contributed by atoms with Crippen molar-refractivity contribution in [2.75, 3.05) is 12.0 Å². The molecule has 0 aromatic heterocycles. The molecule has 0 rings (SSSR count). The molecule has 0 saturated heterocycles. The molecule has 0 aliphatic rings. The highest BCUT2D eigenvalue weighted by atomic mass is 32.2. The number of rotatable bonds is 6. The monoisotopic (exact) mass is 222 g/mol. The number of amides is 1. The average molecular weight is 222 g/mol. The summed E-state index contributed by atoms with van der Waals surface area (Å²) >= 11 is 0. The lowest BCUT2D eigenvalue weighted by Crippen LogP contribution is -2.40. The van der Waals surface area contributed by atoms with Crippen molar-refractivity contribution in [2.45, 2.75) is 32.4 Å². The maximum Gasteiger partial charge on any atom is 0.218 e. The Hall–Kier alpha value is -0.620. The average Bonchev–Trinajstić information content (AvgIpc) is 1.77. The van der Waals surface area contributed by atoms with Crippen LogP contribution in [0.2, 0.25) is 0 Å². The third kappa shape index (κ3) is 8.00. The summed E-state index contributed by atoms with van der Waals surface area (Å²) in [5, 5.41) is 2.99. The topological polar surface area (TPSA) is 89.3 Å². The lowest BCUT2D eigenvalue weighted by Gasteiger charge is -2.17. The minimum absolute atomic E-state index is 0.0656. The molecule has 2 atom stereocenters. The van der Waals surface area contributed by atoms with Gasteiger partial charge in [0.2, 0.25) is 5.91 Å². The van der Waals surface area contributed by atoms with Crippen molar-refractivity contribution in [1.82, 2.24) is 5.32 Å². The molecular formula is C8H18N2O3S. The SMILES string of the molecule is CC(CC(N)=O)NC(C)CS(C)(=O)=O. The summed E-state index contributed by atoms with van der Waals surface area (Å²) in [7, 11) is -2.98. The fourth-order valence-electron chi connectivity index (χ4n) is 1.35. The van der Waals surface area contributed by atoms with E-state index in [2.05, 4.69) is 5.32 Å². The Labute approximate surface area is 85.0 Å². The molecule has 3 N–H and O–H groups in total. The Kier molecular flexibility index (Phi) is 5.07. The van der Waals surface area contributed by atoms with E-state index in [9.17, 15) is 13.2 Å². The van der Waals surface area contributed by atoms with Crippen LogP contribution in [0.1, 0.15) is 20.3 Å². The van der Waals surface area contributed by atoms with Gasteiger partial charge in [-0.15, -0.1) is 0 Å². The van der Waals surface area contributed by atoms with Crippen LogP contribution in [-0.4, -0.2) is 38.4 Å². The van der Waals surface area contributed by atoms with Crippen LogP contribution in [-0.2, 0) is 14.6 Å². The van der Waals surface area contributed by atoms with Crippen LogP contribution in [0.5, 0.6) is 0 Å². The second-order valence-corrected chi connectivity index (χ2v) is 5.92. The van der Waals surface area contributed by atoms with Crippen LogP contribution < -0.4 is 11.1 Å². The van der Waals surface area contributed by atoms with E-state index in [-0.39, 0.29) is 24.3 Å². The zero-order valence-electron chi connectivity index (χ0n) is 8.78. The van der Waals surface area contributed by atoms with Crippen molar-refractivity contribution < 1.29 is 13.2 Å². The quantitative estimate of drug-likeness (QED) is 0.620. The first-order valence-electron chi connectivity index (χ1n) is 4.43. The van der Waals surface area contributed by atoms with E-state index in [1.54, 1.807) is 13.8 Å². The molecule has 0 bridgehead atoms. The first-order valence-corrected chi connectivity index (χ1v) is 6.49. The maximum absolute atomic E-state index is 10.9. The smallest absolute Gasteiger partial charge is 0.218 e. The van der Waals surface area contributed by atoms with Gasteiger partial charge in [-0.1, -0.05) is 0 Å². The Morgan fingerprint density at radius 2 is 1.86 bits per heavy atom. The lowest BCUT2D eigenvalue weighted by molar-refractivity contribution is -0.118. The van der Waals surface area contributed by atoms with E-state index in [1.165, 1.54) is 6.26 Å². The summed E-state index contributed by atoms with van der Waals surface area (Å²) in [6.45, 7) is 3.56. The first kappa shape index (κ1) is 13.4. The molecule has 5 nitrogen and oxygen atoms in total. The number of hydrogen-bond donors (Lipinski definition) is 2. The molecule has 0 aliphatic heterocycles. The van der Waals surface area contributed by atoms with E-state index >= 15 is 0 Å². The highest BCUT2D eigenvalue weighted by Crippen LogP contribution is 1.95. The van der Waals surface area contributed by atoms with Gasteiger partial charge in [-0.05, 0) is 13.8 Å². The second-order valence-electron chi connectivity index (χ2n) is 3.73. The van der Waals surface area contributed by atoms with Crippen LogP contribution >= 0.6 is 0 Å². The van der Waals surface area contributed by atoms with E-state index < -0.39 is 15.7 Å². The van der Waals surface area contributed by atoms with Gasteiger partial charge in [0.25, 0.3) is 0 Å². The molecular weight excluding hydrogens is 204 g/mol. The van der Waals surface area contributed by atoms with Crippen molar-refractivity contribution in [3.63, 3.8) is 0 Å². The van der Waals surface area contributed by atoms with Crippen molar-refractivity contribution in [3.05, 3.63) is 0 Å². The third-order valence-electron chi connectivity index (χ3n) is 1.63. The Bertz CT molecular complexity index is 287. The Morgan fingerprint density at radius 3 is 2.21 bits per heavy atom. The van der Waals surface area contributed by atoms with Crippen LogP contribution in [0.3, 0.4) is 0 Å². The molecule has 6 heteroatoms. The fraction of sp³-hybridized carbons (Fsp3) is 0.875. The van der Waals surface area contributed by atoms with Crippen LogP contribution in [0, 0.1) is 0 Å². The van der Waals surface area contributed by atoms with E-state index in [1.807, 2.05) is 0 Å². The number of carbonyl (C=O) groups is 1. The number of nitrogens with two attached hydrogens (primary N) is 1. The van der Waals surface area contributed by atoms with Gasteiger partial charge in [-0.2, -0.15) is 0 Å². The van der Waals surface area contributed by atoms with Crippen LogP contribution in [0.4, 0.5) is 0 Å². The molecule has 0 aromatic carbocycles. The van der Waals surface area contributed by atoms with Crippen molar-refractivity contribution in [3.8, 4) is 0 Å². The number of carbonyl (C=O) groups excluding carboxylic acids is 1. The van der Waals surface area contributed by atoms with Gasteiger partial charge in [-0.25, -0.2) is 8.42 Å². The molecule has 1 amide bonds. The normalized spacial score (nSPS) is 16.2. The first-order chi connectivity index (χ1) is 6.20. The minimum atomic E-state index is -2.98. The highest BCUT2D eigenvalue weighted by Gasteiger charge is 2.13.